The van der Waals surface area contributed by atoms with E-state index in [4.69, 9.17) is 9.72 Å². The number of hydrogen-bond donors (Lipinski definition) is 1. The lowest BCUT2D eigenvalue weighted by Gasteiger charge is -2.29. The van der Waals surface area contributed by atoms with E-state index in [1.165, 1.54) is 0 Å². The number of para-hydroxylation sites is 1. The van der Waals surface area contributed by atoms with E-state index in [0.29, 0.717) is 19.8 Å². The van der Waals surface area contributed by atoms with Gasteiger partial charge in [0.15, 0.2) is 6.19 Å². The number of fused-ring (bicyclic) bond motifs is 1. The molecule has 2 heterocycles. The zero-order valence-electron chi connectivity index (χ0n) is 12.6. The van der Waals surface area contributed by atoms with Crippen LogP contribution >= 0.6 is 0 Å². The number of rotatable bonds is 2. The molecule has 2 aromatic carbocycles. The third-order valence-corrected chi connectivity index (χ3v) is 4.19. The number of ether oxygens (including phenoxy) is 1. The van der Waals surface area contributed by atoms with Crippen molar-refractivity contribution in [1.29, 1.82) is 5.26 Å². The normalized spacial score (nSPS) is 18.0. The molecule has 1 atom stereocenters. The molecule has 114 valence electrons. The molecule has 0 bridgehead atoms. The Morgan fingerprint density at radius 1 is 1.17 bits per heavy atom. The summed E-state index contributed by atoms with van der Waals surface area (Å²) in [4.78, 5) is 9.86. The Morgan fingerprint density at radius 2 is 2.04 bits per heavy atom. The Balaban J connectivity index is 1.81. The molecule has 3 aromatic rings. The maximum Gasteiger partial charge on any atom is 0.180 e. The molecule has 23 heavy (non-hydrogen) atoms. The number of hydrogen-bond acceptors (Lipinski definition) is 4. The first kappa shape index (κ1) is 13.8. The van der Waals surface area contributed by atoms with Gasteiger partial charge >= 0.3 is 0 Å². The molecule has 1 unspecified atom stereocenters. The molecule has 5 heteroatoms. The summed E-state index contributed by atoms with van der Waals surface area (Å²) in [7, 11) is 0. The second kappa shape index (κ2) is 5.75. The average molecular weight is 304 g/mol. The SMILES string of the molecule is N#CN1CCOCC1c1nc2c(-c3ccccc3)cccc2[nH]1. The van der Waals surface area contributed by atoms with Gasteiger partial charge in [-0.3, -0.25) is 4.90 Å². The first-order valence-electron chi connectivity index (χ1n) is 7.65. The highest BCUT2D eigenvalue weighted by atomic mass is 16.5. The first-order chi connectivity index (χ1) is 11.4. The van der Waals surface area contributed by atoms with Crippen LogP contribution in [0.1, 0.15) is 11.9 Å². The molecule has 1 aliphatic rings. The third-order valence-electron chi connectivity index (χ3n) is 4.19. The van der Waals surface area contributed by atoms with Gasteiger partial charge in [-0.2, -0.15) is 5.26 Å². The van der Waals surface area contributed by atoms with Gasteiger partial charge in [0.1, 0.15) is 11.9 Å². The molecule has 0 radical (unpaired) electrons. The van der Waals surface area contributed by atoms with E-state index in [1.54, 1.807) is 4.90 Å². The number of aromatic nitrogens is 2. The maximum absolute atomic E-state index is 9.31. The standard InChI is InChI=1S/C18H16N4O/c19-12-22-9-10-23-11-16(22)18-20-15-8-4-7-14(17(15)21-18)13-5-2-1-3-6-13/h1-8,16H,9-11H2,(H,20,21). The molecule has 0 spiro atoms. The Kier molecular flexibility index (Phi) is 3.45. The predicted molar refractivity (Wildman–Crippen MR) is 87.4 cm³/mol. The highest BCUT2D eigenvalue weighted by Crippen LogP contribution is 2.30. The Labute approximate surface area is 134 Å². The summed E-state index contributed by atoms with van der Waals surface area (Å²) in [6.07, 6.45) is 2.24. The number of morpholine rings is 1. The summed E-state index contributed by atoms with van der Waals surface area (Å²) in [5.41, 5.74) is 4.13. The van der Waals surface area contributed by atoms with Gasteiger partial charge in [-0.15, -0.1) is 0 Å². The van der Waals surface area contributed by atoms with Crippen LogP contribution in [0.5, 0.6) is 0 Å². The molecule has 1 N–H and O–H groups in total. The molecule has 0 amide bonds. The van der Waals surface area contributed by atoms with Crippen LogP contribution in [0.4, 0.5) is 0 Å². The number of imidazole rings is 1. The first-order valence-corrected chi connectivity index (χ1v) is 7.65. The molecule has 5 nitrogen and oxygen atoms in total. The number of aromatic amines is 1. The molecule has 0 saturated carbocycles. The van der Waals surface area contributed by atoms with Crippen molar-refractivity contribution in [2.24, 2.45) is 0 Å². The third kappa shape index (κ3) is 2.43. The van der Waals surface area contributed by atoms with Crippen molar-refractivity contribution in [2.45, 2.75) is 6.04 Å². The van der Waals surface area contributed by atoms with Gasteiger partial charge in [0.2, 0.25) is 0 Å². The highest BCUT2D eigenvalue weighted by molar-refractivity contribution is 5.92. The minimum atomic E-state index is -0.148. The lowest BCUT2D eigenvalue weighted by Crippen LogP contribution is -2.36. The van der Waals surface area contributed by atoms with Gasteiger partial charge in [0.25, 0.3) is 0 Å². The van der Waals surface area contributed by atoms with E-state index >= 15 is 0 Å². The van der Waals surface area contributed by atoms with Crippen LogP contribution in [0.25, 0.3) is 22.2 Å². The summed E-state index contributed by atoms with van der Waals surface area (Å²) in [6.45, 7) is 1.66. The van der Waals surface area contributed by atoms with Crippen LogP contribution in [-0.2, 0) is 4.74 Å². The molecule has 1 saturated heterocycles. The number of nitrogens with one attached hydrogen (secondary N) is 1. The topological polar surface area (TPSA) is 64.9 Å². The summed E-state index contributed by atoms with van der Waals surface area (Å²) in [6, 6.07) is 16.2. The quantitative estimate of drug-likeness (QED) is 0.739. The van der Waals surface area contributed by atoms with Gasteiger partial charge < -0.3 is 9.72 Å². The van der Waals surface area contributed by atoms with Gasteiger partial charge in [0, 0.05) is 5.56 Å². The molecule has 1 aromatic heterocycles. The van der Waals surface area contributed by atoms with Crippen molar-refractivity contribution in [3.05, 3.63) is 54.4 Å². The minimum Gasteiger partial charge on any atom is -0.377 e. The van der Waals surface area contributed by atoms with Gasteiger partial charge in [-0.25, -0.2) is 4.98 Å². The molecule has 1 aliphatic heterocycles. The molecular formula is C18H16N4O. The zero-order valence-corrected chi connectivity index (χ0v) is 12.6. The van der Waals surface area contributed by atoms with Crippen molar-refractivity contribution in [1.82, 2.24) is 14.9 Å². The average Bonchev–Trinajstić information content (AvgIpc) is 3.06. The maximum atomic E-state index is 9.31. The van der Waals surface area contributed by atoms with Crippen molar-refractivity contribution >= 4 is 11.0 Å². The van der Waals surface area contributed by atoms with Crippen molar-refractivity contribution < 1.29 is 4.74 Å². The van der Waals surface area contributed by atoms with Crippen molar-refractivity contribution in [3.8, 4) is 17.3 Å². The Morgan fingerprint density at radius 3 is 2.87 bits per heavy atom. The summed E-state index contributed by atoms with van der Waals surface area (Å²) >= 11 is 0. The van der Waals surface area contributed by atoms with Crippen LogP contribution in [0, 0.1) is 11.5 Å². The number of H-pyrrole nitrogens is 1. The molecule has 1 fully saturated rings. The molecular weight excluding hydrogens is 288 g/mol. The van der Waals surface area contributed by atoms with E-state index in [-0.39, 0.29) is 6.04 Å². The minimum absolute atomic E-state index is 0.148. The second-order valence-electron chi connectivity index (χ2n) is 5.57. The lowest BCUT2D eigenvalue weighted by molar-refractivity contribution is 0.0168. The van der Waals surface area contributed by atoms with Crippen molar-refractivity contribution in [3.63, 3.8) is 0 Å². The molecule has 4 rings (SSSR count). The summed E-state index contributed by atoms with van der Waals surface area (Å²) in [5, 5.41) is 9.31. The largest absolute Gasteiger partial charge is 0.377 e. The smallest absolute Gasteiger partial charge is 0.180 e. The van der Waals surface area contributed by atoms with E-state index in [0.717, 1.165) is 28.0 Å². The number of benzene rings is 2. The summed E-state index contributed by atoms with van der Waals surface area (Å²) in [5.74, 6) is 0.782. The summed E-state index contributed by atoms with van der Waals surface area (Å²) < 4.78 is 5.53. The van der Waals surface area contributed by atoms with Gasteiger partial charge in [-0.1, -0.05) is 42.5 Å². The second-order valence-corrected chi connectivity index (χ2v) is 5.57. The molecule has 0 aliphatic carbocycles. The highest BCUT2D eigenvalue weighted by Gasteiger charge is 2.26. The predicted octanol–water partition coefficient (Wildman–Crippen LogP) is 3.08. The van der Waals surface area contributed by atoms with Gasteiger partial charge in [0.05, 0.1) is 30.8 Å². The number of nitrogens with zero attached hydrogens (tertiary/aromatic N) is 3. The number of nitriles is 1. The fourth-order valence-corrected chi connectivity index (χ4v) is 3.01. The van der Waals surface area contributed by atoms with Crippen LogP contribution in [0.15, 0.2) is 48.5 Å². The van der Waals surface area contributed by atoms with E-state index < -0.39 is 0 Å². The van der Waals surface area contributed by atoms with E-state index in [2.05, 4.69) is 29.4 Å². The van der Waals surface area contributed by atoms with Crippen molar-refractivity contribution in [2.75, 3.05) is 19.8 Å². The fraction of sp³-hybridized carbons (Fsp3) is 0.222. The van der Waals surface area contributed by atoms with Crippen LogP contribution in [0.3, 0.4) is 0 Å². The van der Waals surface area contributed by atoms with Crippen LogP contribution in [0.2, 0.25) is 0 Å². The monoisotopic (exact) mass is 304 g/mol. The Bertz CT molecular complexity index is 866. The Hall–Kier alpha value is -2.84. The van der Waals surface area contributed by atoms with Crippen LogP contribution < -0.4 is 0 Å². The fourth-order valence-electron chi connectivity index (χ4n) is 3.01. The zero-order chi connectivity index (χ0) is 15.6. The lowest BCUT2D eigenvalue weighted by atomic mass is 10.0. The van der Waals surface area contributed by atoms with Crippen LogP contribution in [-0.4, -0.2) is 34.6 Å². The van der Waals surface area contributed by atoms with E-state index in [1.807, 2.05) is 30.3 Å². The van der Waals surface area contributed by atoms with Gasteiger partial charge in [-0.05, 0) is 11.6 Å². The van der Waals surface area contributed by atoms with E-state index in [9.17, 15) is 5.26 Å².